The van der Waals surface area contributed by atoms with E-state index in [4.69, 9.17) is 4.74 Å². The van der Waals surface area contributed by atoms with Crippen LogP contribution in [0, 0.1) is 0 Å². The molecule has 0 saturated heterocycles. The minimum absolute atomic E-state index is 0.185. The van der Waals surface area contributed by atoms with Crippen molar-refractivity contribution in [2.24, 2.45) is 0 Å². The Kier molecular flexibility index (Phi) is 5.13. The van der Waals surface area contributed by atoms with Crippen molar-refractivity contribution in [1.29, 1.82) is 0 Å². The number of nitrogens with one attached hydrogen (secondary N) is 2. The third-order valence-electron chi connectivity index (χ3n) is 3.46. The van der Waals surface area contributed by atoms with Crippen LogP contribution in [-0.2, 0) is 27.1 Å². The fourth-order valence-electron chi connectivity index (χ4n) is 2.46. The van der Waals surface area contributed by atoms with Crippen molar-refractivity contribution in [3.8, 4) is 0 Å². The summed E-state index contributed by atoms with van der Waals surface area (Å²) in [5, 5.41) is 6.07. The van der Waals surface area contributed by atoms with Gasteiger partial charge in [0.25, 0.3) is 0 Å². The molecule has 1 aliphatic rings. The number of fused-ring (bicyclic) bond motifs is 1. The summed E-state index contributed by atoms with van der Waals surface area (Å²) in [6.45, 7) is 5.49. The molecule has 23 heavy (non-hydrogen) atoms. The van der Waals surface area contributed by atoms with Crippen molar-refractivity contribution >= 4 is 17.7 Å². The average molecular weight is 320 g/mol. The molecule has 0 radical (unpaired) electrons. The first-order valence-corrected chi connectivity index (χ1v) is 7.71. The largest absolute Gasteiger partial charge is 0.469 e. The molecule has 0 bridgehead atoms. The molecule has 2 rings (SSSR count). The number of methoxy groups -OCH3 is 1. The lowest BCUT2D eigenvalue weighted by Crippen LogP contribution is -2.42. The van der Waals surface area contributed by atoms with E-state index in [-0.39, 0.29) is 12.1 Å². The van der Waals surface area contributed by atoms with Gasteiger partial charge in [0.15, 0.2) is 0 Å². The molecule has 6 nitrogen and oxygen atoms in total. The number of hydrogen-bond donors (Lipinski definition) is 2. The standard InChI is InChI=1S/C17H24N2O4/c1-17(2,3)23-16(21)19-14-10-12-9-11(5-7-13(12)18-14)6-8-15(20)22-4/h5,7,9,14,18H,6,8,10H2,1-4H3,(H,19,21). The van der Waals surface area contributed by atoms with Gasteiger partial charge in [-0.2, -0.15) is 0 Å². The van der Waals surface area contributed by atoms with Gasteiger partial charge in [-0.1, -0.05) is 12.1 Å². The second kappa shape index (κ2) is 6.89. The molecule has 0 aromatic heterocycles. The van der Waals surface area contributed by atoms with Crippen LogP contribution < -0.4 is 10.6 Å². The van der Waals surface area contributed by atoms with Crippen molar-refractivity contribution in [1.82, 2.24) is 5.32 Å². The van der Waals surface area contributed by atoms with Crippen molar-refractivity contribution in [3.05, 3.63) is 29.3 Å². The molecular formula is C17H24N2O4. The van der Waals surface area contributed by atoms with Crippen LogP contribution in [0.25, 0.3) is 0 Å². The van der Waals surface area contributed by atoms with Crippen LogP contribution in [-0.4, -0.2) is 30.9 Å². The minimum Gasteiger partial charge on any atom is -0.469 e. The topological polar surface area (TPSA) is 76.7 Å². The third-order valence-corrected chi connectivity index (χ3v) is 3.46. The van der Waals surface area contributed by atoms with E-state index in [1.807, 2.05) is 32.9 Å². The van der Waals surface area contributed by atoms with Crippen molar-refractivity contribution in [3.63, 3.8) is 0 Å². The number of hydrogen-bond acceptors (Lipinski definition) is 5. The zero-order valence-corrected chi connectivity index (χ0v) is 14.1. The Morgan fingerprint density at radius 1 is 1.35 bits per heavy atom. The Morgan fingerprint density at radius 3 is 2.74 bits per heavy atom. The smallest absolute Gasteiger partial charge is 0.409 e. The summed E-state index contributed by atoms with van der Waals surface area (Å²) in [6.07, 6.45) is 1.07. The summed E-state index contributed by atoms with van der Waals surface area (Å²) in [5.74, 6) is -0.215. The molecule has 1 aromatic carbocycles. The van der Waals surface area contributed by atoms with Crippen LogP contribution in [0.15, 0.2) is 18.2 Å². The SMILES string of the molecule is COC(=O)CCc1ccc2c(c1)CC(NC(=O)OC(C)(C)C)N2. The fourth-order valence-corrected chi connectivity index (χ4v) is 2.46. The molecule has 0 spiro atoms. The van der Waals surface area contributed by atoms with Gasteiger partial charge in [-0.3, -0.25) is 4.79 Å². The first-order chi connectivity index (χ1) is 10.8. The summed E-state index contributed by atoms with van der Waals surface area (Å²) in [5.41, 5.74) is 2.67. The number of benzene rings is 1. The van der Waals surface area contributed by atoms with E-state index in [2.05, 4.69) is 21.4 Å². The Bertz CT molecular complexity index is 593. The molecular weight excluding hydrogens is 296 g/mol. The molecule has 1 heterocycles. The molecule has 0 aliphatic carbocycles. The molecule has 2 N–H and O–H groups in total. The zero-order chi connectivity index (χ0) is 17.0. The van der Waals surface area contributed by atoms with Crippen LogP contribution in [0.3, 0.4) is 0 Å². The highest BCUT2D eigenvalue weighted by molar-refractivity contribution is 5.71. The van der Waals surface area contributed by atoms with Crippen molar-refractivity contribution < 1.29 is 19.1 Å². The molecule has 6 heteroatoms. The molecule has 1 atom stereocenters. The average Bonchev–Trinajstić information content (AvgIpc) is 2.83. The van der Waals surface area contributed by atoms with Gasteiger partial charge in [0, 0.05) is 18.5 Å². The zero-order valence-electron chi connectivity index (χ0n) is 14.1. The fraction of sp³-hybridized carbons (Fsp3) is 0.529. The van der Waals surface area contributed by atoms with Gasteiger partial charge in [0.2, 0.25) is 0 Å². The second-order valence-corrected chi connectivity index (χ2v) is 6.61. The molecule has 1 unspecified atom stereocenters. The van der Waals surface area contributed by atoms with E-state index in [0.29, 0.717) is 19.3 Å². The van der Waals surface area contributed by atoms with Crippen molar-refractivity contribution in [2.75, 3.05) is 12.4 Å². The molecule has 1 amide bonds. The van der Waals surface area contributed by atoms with Gasteiger partial charge in [-0.15, -0.1) is 0 Å². The maximum absolute atomic E-state index is 11.8. The van der Waals surface area contributed by atoms with Crippen LogP contribution in [0.5, 0.6) is 0 Å². The third kappa shape index (κ3) is 5.16. The van der Waals surface area contributed by atoms with Gasteiger partial charge in [-0.05, 0) is 44.4 Å². The monoisotopic (exact) mass is 320 g/mol. The number of aryl methyl sites for hydroxylation is 1. The van der Waals surface area contributed by atoms with E-state index < -0.39 is 11.7 Å². The van der Waals surface area contributed by atoms with Gasteiger partial charge in [-0.25, -0.2) is 4.79 Å². The van der Waals surface area contributed by atoms with Gasteiger partial charge in [0.1, 0.15) is 11.8 Å². The quantitative estimate of drug-likeness (QED) is 0.834. The predicted octanol–water partition coefficient (Wildman–Crippen LogP) is 2.61. The first kappa shape index (κ1) is 17.1. The van der Waals surface area contributed by atoms with Gasteiger partial charge >= 0.3 is 12.1 Å². The number of carbonyl (C=O) groups excluding carboxylic acids is 2. The second-order valence-electron chi connectivity index (χ2n) is 6.61. The summed E-state index contributed by atoms with van der Waals surface area (Å²) < 4.78 is 9.91. The Labute approximate surface area is 136 Å². The number of rotatable bonds is 4. The minimum atomic E-state index is -0.517. The van der Waals surface area contributed by atoms with Crippen LogP contribution in [0.4, 0.5) is 10.5 Å². The lowest BCUT2D eigenvalue weighted by Gasteiger charge is -2.21. The first-order valence-electron chi connectivity index (χ1n) is 7.71. The predicted molar refractivity (Wildman–Crippen MR) is 87.3 cm³/mol. The van der Waals surface area contributed by atoms with Crippen LogP contribution in [0.1, 0.15) is 38.3 Å². The Balaban J connectivity index is 1.91. The van der Waals surface area contributed by atoms with E-state index >= 15 is 0 Å². The molecule has 0 fully saturated rings. The Hall–Kier alpha value is -2.24. The number of ether oxygens (including phenoxy) is 2. The maximum atomic E-state index is 11.8. The van der Waals surface area contributed by atoms with E-state index in [1.165, 1.54) is 7.11 Å². The maximum Gasteiger partial charge on any atom is 0.409 e. The highest BCUT2D eigenvalue weighted by Crippen LogP contribution is 2.26. The summed E-state index contributed by atoms with van der Waals surface area (Å²) in [6, 6.07) is 6.01. The highest BCUT2D eigenvalue weighted by Gasteiger charge is 2.24. The number of anilines is 1. The van der Waals surface area contributed by atoms with Crippen LogP contribution in [0.2, 0.25) is 0 Å². The lowest BCUT2D eigenvalue weighted by atomic mass is 10.0. The van der Waals surface area contributed by atoms with Gasteiger partial charge < -0.3 is 20.1 Å². The molecule has 126 valence electrons. The highest BCUT2D eigenvalue weighted by atomic mass is 16.6. The number of carbonyl (C=O) groups is 2. The number of amides is 1. The molecule has 0 saturated carbocycles. The summed E-state index contributed by atoms with van der Waals surface area (Å²) in [7, 11) is 1.39. The van der Waals surface area contributed by atoms with Crippen LogP contribution >= 0.6 is 0 Å². The Morgan fingerprint density at radius 2 is 2.09 bits per heavy atom. The molecule has 1 aromatic rings. The van der Waals surface area contributed by atoms with E-state index in [0.717, 1.165) is 16.8 Å². The van der Waals surface area contributed by atoms with Gasteiger partial charge in [0.05, 0.1) is 7.11 Å². The normalized spacial score (nSPS) is 16.3. The summed E-state index contributed by atoms with van der Waals surface area (Å²) in [4.78, 5) is 23.0. The number of esters is 1. The molecule has 1 aliphatic heterocycles. The lowest BCUT2D eigenvalue weighted by molar-refractivity contribution is -0.140. The van der Waals surface area contributed by atoms with E-state index in [9.17, 15) is 9.59 Å². The van der Waals surface area contributed by atoms with Crippen molar-refractivity contribution in [2.45, 2.75) is 51.8 Å². The summed E-state index contributed by atoms with van der Waals surface area (Å²) >= 11 is 0. The number of alkyl carbamates (subject to hydrolysis) is 1. The van der Waals surface area contributed by atoms with E-state index in [1.54, 1.807) is 0 Å².